The van der Waals surface area contributed by atoms with Crippen LogP contribution in [0.3, 0.4) is 0 Å². The number of hydrogen-bond donors (Lipinski definition) is 1. The standard InChI is InChI=1S/C14H21N3O4/c1-14(2,3)16-11(18)6-4-5-9(15)13(16)10-7-8-12(21-10)17(19)20/h7-9,13H,4-6,15H2,1-3H3. The SMILES string of the molecule is CC(C)(C)N1C(=O)CCCC(N)C1c1ccc([N+](=O)[O-])o1. The van der Waals surface area contributed by atoms with Crippen molar-refractivity contribution in [3.63, 3.8) is 0 Å². The van der Waals surface area contributed by atoms with Crippen molar-refractivity contribution in [1.29, 1.82) is 0 Å². The summed E-state index contributed by atoms with van der Waals surface area (Å²) in [7, 11) is 0. The molecule has 1 aromatic rings. The number of amides is 1. The molecule has 0 spiro atoms. The molecule has 1 saturated heterocycles. The first-order valence-corrected chi connectivity index (χ1v) is 7.03. The summed E-state index contributed by atoms with van der Waals surface area (Å²) in [5.41, 5.74) is 5.78. The molecule has 7 nitrogen and oxygen atoms in total. The first kappa shape index (κ1) is 15.5. The van der Waals surface area contributed by atoms with Gasteiger partial charge in [0, 0.05) is 18.0 Å². The molecule has 21 heavy (non-hydrogen) atoms. The van der Waals surface area contributed by atoms with Gasteiger partial charge in [0.05, 0.1) is 6.07 Å². The van der Waals surface area contributed by atoms with Crippen LogP contribution >= 0.6 is 0 Å². The van der Waals surface area contributed by atoms with E-state index in [1.807, 2.05) is 20.8 Å². The molecule has 1 fully saturated rings. The monoisotopic (exact) mass is 295 g/mol. The highest BCUT2D eigenvalue weighted by Gasteiger charge is 2.41. The highest BCUT2D eigenvalue weighted by atomic mass is 16.6. The lowest BCUT2D eigenvalue weighted by Gasteiger charge is -2.41. The number of nitro groups is 1. The molecule has 1 aliphatic heterocycles. The zero-order valence-electron chi connectivity index (χ0n) is 12.5. The zero-order valence-corrected chi connectivity index (χ0v) is 12.5. The fourth-order valence-electron chi connectivity index (χ4n) is 2.84. The lowest BCUT2D eigenvalue weighted by atomic mass is 9.96. The van der Waals surface area contributed by atoms with Gasteiger partial charge in [-0.25, -0.2) is 0 Å². The van der Waals surface area contributed by atoms with Crippen LogP contribution in [0, 0.1) is 10.1 Å². The summed E-state index contributed by atoms with van der Waals surface area (Å²) in [6.45, 7) is 5.77. The van der Waals surface area contributed by atoms with Crippen LogP contribution in [-0.4, -0.2) is 27.3 Å². The van der Waals surface area contributed by atoms with E-state index >= 15 is 0 Å². The molecule has 2 atom stereocenters. The number of carbonyl (C=O) groups excluding carboxylic acids is 1. The molecule has 0 saturated carbocycles. The Labute approximate surface area is 123 Å². The molecule has 7 heteroatoms. The van der Waals surface area contributed by atoms with Gasteiger partial charge < -0.3 is 15.1 Å². The van der Waals surface area contributed by atoms with Gasteiger partial charge in [0.25, 0.3) is 0 Å². The van der Waals surface area contributed by atoms with E-state index in [-0.39, 0.29) is 17.8 Å². The molecule has 2 rings (SSSR count). The lowest BCUT2D eigenvalue weighted by molar-refractivity contribution is -0.402. The number of likely N-dealkylation sites (tertiary alicyclic amines) is 1. The molecule has 0 aliphatic carbocycles. The van der Waals surface area contributed by atoms with E-state index in [1.165, 1.54) is 6.07 Å². The maximum Gasteiger partial charge on any atom is 0.433 e. The van der Waals surface area contributed by atoms with Crippen molar-refractivity contribution >= 4 is 11.8 Å². The highest BCUT2D eigenvalue weighted by molar-refractivity contribution is 5.78. The van der Waals surface area contributed by atoms with Crippen LogP contribution in [0.2, 0.25) is 0 Å². The average Bonchev–Trinajstić information content (AvgIpc) is 2.77. The van der Waals surface area contributed by atoms with Crippen LogP contribution < -0.4 is 5.73 Å². The first-order valence-electron chi connectivity index (χ1n) is 7.03. The molecular weight excluding hydrogens is 274 g/mol. The topological polar surface area (TPSA) is 103 Å². The third kappa shape index (κ3) is 3.07. The minimum Gasteiger partial charge on any atom is -0.404 e. The second-order valence-electron chi connectivity index (χ2n) is 6.37. The van der Waals surface area contributed by atoms with E-state index in [2.05, 4.69) is 0 Å². The van der Waals surface area contributed by atoms with Gasteiger partial charge in [0.1, 0.15) is 16.7 Å². The van der Waals surface area contributed by atoms with Crippen LogP contribution in [0.5, 0.6) is 0 Å². The van der Waals surface area contributed by atoms with E-state index in [4.69, 9.17) is 10.2 Å². The van der Waals surface area contributed by atoms with Gasteiger partial charge in [-0.2, -0.15) is 0 Å². The van der Waals surface area contributed by atoms with Crippen molar-refractivity contribution in [2.24, 2.45) is 5.73 Å². The lowest BCUT2D eigenvalue weighted by Crippen LogP contribution is -2.51. The average molecular weight is 295 g/mol. The van der Waals surface area contributed by atoms with Gasteiger partial charge >= 0.3 is 5.88 Å². The quantitative estimate of drug-likeness (QED) is 0.666. The fraction of sp³-hybridized carbons (Fsp3) is 0.643. The van der Waals surface area contributed by atoms with Crippen LogP contribution in [0.4, 0.5) is 5.88 Å². The van der Waals surface area contributed by atoms with Gasteiger partial charge in [-0.1, -0.05) is 0 Å². The summed E-state index contributed by atoms with van der Waals surface area (Å²) in [6.07, 6.45) is 1.83. The third-order valence-electron chi connectivity index (χ3n) is 3.69. The summed E-state index contributed by atoms with van der Waals surface area (Å²) in [5.74, 6) is 0.0432. The summed E-state index contributed by atoms with van der Waals surface area (Å²) in [5, 5.41) is 10.8. The Morgan fingerprint density at radius 3 is 2.62 bits per heavy atom. The minimum atomic E-state index is -0.588. The van der Waals surface area contributed by atoms with Gasteiger partial charge in [-0.05, 0) is 39.7 Å². The second kappa shape index (κ2) is 5.48. The molecular formula is C14H21N3O4. The van der Waals surface area contributed by atoms with E-state index < -0.39 is 16.5 Å². The maximum atomic E-state index is 12.4. The second-order valence-corrected chi connectivity index (χ2v) is 6.37. The van der Waals surface area contributed by atoms with Crippen LogP contribution in [0.1, 0.15) is 51.8 Å². The van der Waals surface area contributed by atoms with Crippen molar-refractivity contribution in [1.82, 2.24) is 4.90 Å². The number of carbonyl (C=O) groups is 1. The van der Waals surface area contributed by atoms with Crippen molar-refractivity contribution in [3.8, 4) is 0 Å². The van der Waals surface area contributed by atoms with E-state index in [0.717, 1.165) is 0 Å². The zero-order chi connectivity index (χ0) is 15.8. The summed E-state index contributed by atoms with van der Waals surface area (Å²) >= 11 is 0. The smallest absolute Gasteiger partial charge is 0.404 e. The molecule has 0 bridgehead atoms. The molecule has 2 heterocycles. The predicted octanol–water partition coefficient (Wildman–Crippen LogP) is 2.37. The number of furan rings is 1. The molecule has 0 radical (unpaired) electrons. The van der Waals surface area contributed by atoms with Crippen molar-refractivity contribution in [3.05, 3.63) is 28.0 Å². The number of nitrogens with zero attached hydrogens (tertiary/aromatic N) is 2. The largest absolute Gasteiger partial charge is 0.433 e. The Morgan fingerprint density at radius 1 is 1.43 bits per heavy atom. The Morgan fingerprint density at radius 2 is 2.10 bits per heavy atom. The molecule has 2 N–H and O–H groups in total. The number of nitrogens with two attached hydrogens (primary N) is 1. The summed E-state index contributed by atoms with van der Waals surface area (Å²) in [4.78, 5) is 24.3. The van der Waals surface area contributed by atoms with Crippen LogP contribution in [-0.2, 0) is 4.79 Å². The van der Waals surface area contributed by atoms with Crippen LogP contribution in [0.15, 0.2) is 16.5 Å². The molecule has 1 amide bonds. The van der Waals surface area contributed by atoms with E-state index in [9.17, 15) is 14.9 Å². The summed E-state index contributed by atoms with van der Waals surface area (Å²) in [6, 6.07) is 2.06. The highest BCUT2D eigenvalue weighted by Crippen LogP contribution is 2.37. The maximum absolute atomic E-state index is 12.4. The van der Waals surface area contributed by atoms with Gasteiger partial charge in [-0.15, -0.1) is 0 Å². The predicted molar refractivity (Wildman–Crippen MR) is 76.5 cm³/mol. The molecule has 1 aromatic heterocycles. The van der Waals surface area contributed by atoms with Crippen molar-refractivity contribution in [2.45, 2.75) is 57.7 Å². The van der Waals surface area contributed by atoms with E-state index in [1.54, 1.807) is 11.0 Å². The van der Waals surface area contributed by atoms with Gasteiger partial charge in [-0.3, -0.25) is 14.9 Å². The van der Waals surface area contributed by atoms with E-state index in [0.29, 0.717) is 25.0 Å². The molecule has 1 aliphatic rings. The van der Waals surface area contributed by atoms with Crippen molar-refractivity contribution < 1.29 is 14.1 Å². The minimum absolute atomic E-state index is 0.000460. The Kier molecular flexibility index (Phi) is 4.04. The van der Waals surface area contributed by atoms with Crippen molar-refractivity contribution in [2.75, 3.05) is 0 Å². The fourth-order valence-corrected chi connectivity index (χ4v) is 2.84. The Balaban J connectivity index is 2.46. The Bertz CT molecular complexity index is 547. The molecule has 2 unspecified atom stereocenters. The number of hydrogen-bond acceptors (Lipinski definition) is 5. The third-order valence-corrected chi connectivity index (χ3v) is 3.69. The van der Waals surface area contributed by atoms with Gasteiger partial charge in [0.15, 0.2) is 0 Å². The van der Waals surface area contributed by atoms with Gasteiger partial charge in [0.2, 0.25) is 5.91 Å². The first-order chi connectivity index (χ1) is 9.71. The molecule has 0 aromatic carbocycles. The Hall–Kier alpha value is -1.89. The van der Waals surface area contributed by atoms with Crippen LogP contribution in [0.25, 0.3) is 0 Å². The molecule has 116 valence electrons. The number of rotatable bonds is 2. The summed E-state index contributed by atoms with van der Waals surface area (Å²) < 4.78 is 5.31. The normalized spacial score (nSPS) is 24.0.